The lowest BCUT2D eigenvalue weighted by Crippen LogP contribution is -2.49. The Morgan fingerprint density at radius 2 is 1.73 bits per heavy atom. The first-order valence-corrected chi connectivity index (χ1v) is 11.8. The number of carbonyl (C=O) groups excluding carboxylic acids is 1. The number of phosphoric acid groups is 1. The summed E-state index contributed by atoms with van der Waals surface area (Å²) in [6.45, 7) is 3.87. The molecule has 2 aromatic carbocycles. The summed E-state index contributed by atoms with van der Waals surface area (Å²) in [6.07, 6.45) is 2.52. The second-order valence-electron chi connectivity index (χ2n) is 7.57. The summed E-state index contributed by atoms with van der Waals surface area (Å²) in [4.78, 5) is 41.8. The summed E-state index contributed by atoms with van der Waals surface area (Å²) in [6, 6.07) is 14.3. The number of amides is 1. The van der Waals surface area contributed by atoms with E-state index >= 15 is 0 Å². The zero-order valence-electron chi connectivity index (χ0n) is 17.7. The van der Waals surface area contributed by atoms with Crippen molar-refractivity contribution in [2.24, 2.45) is 0 Å². The van der Waals surface area contributed by atoms with Crippen molar-refractivity contribution in [1.29, 1.82) is 5.26 Å². The Morgan fingerprint density at radius 3 is 2.33 bits per heavy atom. The molecule has 9 nitrogen and oxygen atoms in total. The molecule has 174 valence electrons. The Kier molecular flexibility index (Phi) is 7.97. The van der Waals surface area contributed by atoms with Gasteiger partial charge in [-0.05, 0) is 30.2 Å². The van der Waals surface area contributed by atoms with Crippen LogP contribution >= 0.6 is 7.82 Å². The average molecular weight is 474 g/mol. The van der Waals surface area contributed by atoms with Crippen LogP contribution in [0, 0.1) is 17.1 Å². The Bertz CT molecular complexity index is 1190. The lowest BCUT2D eigenvalue weighted by molar-refractivity contribution is 0.0640. The van der Waals surface area contributed by atoms with Crippen molar-refractivity contribution in [3.63, 3.8) is 0 Å². The van der Waals surface area contributed by atoms with Crippen LogP contribution in [0.4, 0.5) is 4.39 Å². The van der Waals surface area contributed by atoms with E-state index in [9.17, 15) is 14.4 Å². The molecular formula is C22H24FN4O5P. The summed E-state index contributed by atoms with van der Waals surface area (Å²) >= 11 is 0. The van der Waals surface area contributed by atoms with Gasteiger partial charge < -0.3 is 24.6 Å². The van der Waals surface area contributed by atoms with Gasteiger partial charge in [-0.2, -0.15) is 5.26 Å². The van der Waals surface area contributed by atoms with Gasteiger partial charge in [0.25, 0.3) is 5.91 Å². The van der Waals surface area contributed by atoms with Crippen molar-refractivity contribution in [1.82, 2.24) is 14.8 Å². The monoisotopic (exact) mass is 474 g/mol. The second-order valence-corrected chi connectivity index (χ2v) is 8.59. The Balaban J connectivity index is 0.000000555. The maximum absolute atomic E-state index is 13.0. The van der Waals surface area contributed by atoms with E-state index in [1.54, 1.807) is 6.20 Å². The minimum Gasteiger partial charge on any atom is -0.359 e. The Labute approximate surface area is 189 Å². The van der Waals surface area contributed by atoms with Crippen LogP contribution in [0.25, 0.3) is 10.9 Å². The van der Waals surface area contributed by atoms with Crippen LogP contribution in [-0.2, 0) is 11.0 Å². The fourth-order valence-electron chi connectivity index (χ4n) is 3.71. The number of halogens is 1. The molecule has 3 aromatic rings. The fraction of sp³-hybridized carbons (Fsp3) is 0.273. The smallest absolute Gasteiger partial charge is 0.359 e. The van der Waals surface area contributed by atoms with Gasteiger partial charge in [-0.15, -0.1) is 0 Å². The summed E-state index contributed by atoms with van der Waals surface area (Å²) in [5.41, 5.74) is 3.00. The van der Waals surface area contributed by atoms with Crippen LogP contribution in [0.2, 0.25) is 0 Å². The predicted octanol–water partition coefficient (Wildman–Crippen LogP) is 2.25. The van der Waals surface area contributed by atoms with Crippen LogP contribution < -0.4 is 0 Å². The molecule has 2 heterocycles. The molecule has 4 rings (SSSR count). The topological polar surface area (TPSA) is 141 Å². The first-order valence-electron chi connectivity index (χ1n) is 10.2. The van der Waals surface area contributed by atoms with E-state index in [1.165, 1.54) is 12.1 Å². The molecule has 1 aliphatic rings. The number of nitrogens with zero attached hydrogens (tertiary/aromatic N) is 3. The number of rotatable bonds is 4. The molecule has 0 saturated carbocycles. The third kappa shape index (κ3) is 6.96. The normalized spacial score (nSPS) is 14.5. The molecule has 33 heavy (non-hydrogen) atoms. The molecule has 0 radical (unpaired) electrons. The highest BCUT2D eigenvalue weighted by molar-refractivity contribution is 7.45. The maximum Gasteiger partial charge on any atom is 0.466 e. The van der Waals surface area contributed by atoms with Gasteiger partial charge in [0.1, 0.15) is 11.9 Å². The lowest BCUT2D eigenvalue weighted by atomic mass is 10.1. The summed E-state index contributed by atoms with van der Waals surface area (Å²) in [5.74, 6) is -0.218. The van der Waals surface area contributed by atoms with Crippen LogP contribution in [0.3, 0.4) is 0 Å². The molecule has 1 aromatic heterocycles. The zero-order valence-corrected chi connectivity index (χ0v) is 18.6. The first-order chi connectivity index (χ1) is 15.7. The lowest BCUT2D eigenvalue weighted by Gasteiger charge is -2.34. The summed E-state index contributed by atoms with van der Waals surface area (Å²) in [7, 11) is -4.64. The number of aromatic nitrogens is 1. The van der Waals surface area contributed by atoms with Gasteiger partial charge in [0.05, 0.1) is 16.6 Å². The van der Waals surface area contributed by atoms with Crippen molar-refractivity contribution >= 4 is 24.6 Å². The third-order valence-electron chi connectivity index (χ3n) is 5.36. The van der Waals surface area contributed by atoms with E-state index in [0.717, 1.165) is 42.5 Å². The van der Waals surface area contributed by atoms with Crippen molar-refractivity contribution in [3.8, 4) is 6.07 Å². The van der Waals surface area contributed by atoms with Gasteiger partial charge >= 0.3 is 7.82 Å². The van der Waals surface area contributed by atoms with Crippen molar-refractivity contribution in [3.05, 3.63) is 71.2 Å². The minimum atomic E-state index is -4.64. The van der Waals surface area contributed by atoms with E-state index < -0.39 is 7.82 Å². The molecule has 1 amide bonds. The number of hydrogen-bond acceptors (Lipinski definition) is 4. The van der Waals surface area contributed by atoms with Gasteiger partial charge in [0.2, 0.25) is 0 Å². The van der Waals surface area contributed by atoms with Gasteiger partial charge in [-0.1, -0.05) is 24.3 Å². The summed E-state index contributed by atoms with van der Waals surface area (Å²) < 4.78 is 21.9. The Hall–Kier alpha value is -3.06. The highest BCUT2D eigenvalue weighted by Crippen LogP contribution is 2.26. The minimum absolute atomic E-state index is 0.00451. The highest BCUT2D eigenvalue weighted by atomic mass is 31.2. The standard InChI is InChI=1S/C22H21FN4O.H3O4P/c23-18-6-4-16(5-7-18)8-9-26-10-12-27(13-11-26)22(28)20-3-1-2-19-17(14-24)15-25-21(19)20;1-5(2,3)4/h1-7,15,25H,8-13H2;(H3,1,2,3,4). The number of para-hydroxylation sites is 1. The number of benzene rings is 2. The van der Waals surface area contributed by atoms with Crippen LogP contribution in [0.5, 0.6) is 0 Å². The van der Waals surface area contributed by atoms with Crippen molar-refractivity contribution in [2.75, 3.05) is 32.7 Å². The number of aromatic amines is 1. The fourth-order valence-corrected chi connectivity index (χ4v) is 3.71. The van der Waals surface area contributed by atoms with Crippen LogP contribution in [-0.4, -0.2) is 68.1 Å². The molecule has 0 aliphatic carbocycles. The number of nitriles is 1. The number of H-pyrrole nitrogens is 1. The molecule has 11 heteroatoms. The quantitative estimate of drug-likeness (QED) is 0.425. The predicted molar refractivity (Wildman–Crippen MR) is 120 cm³/mol. The van der Waals surface area contributed by atoms with E-state index in [4.69, 9.17) is 19.2 Å². The largest absolute Gasteiger partial charge is 0.466 e. The molecule has 1 fully saturated rings. The molecule has 0 unspecified atom stereocenters. The van der Waals surface area contributed by atoms with Crippen LogP contribution in [0.1, 0.15) is 21.5 Å². The molecule has 1 saturated heterocycles. The van der Waals surface area contributed by atoms with Crippen LogP contribution in [0.15, 0.2) is 48.7 Å². The Morgan fingerprint density at radius 1 is 1.09 bits per heavy atom. The van der Waals surface area contributed by atoms with Gasteiger partial charge in [0, 0.05) is 44.3 Å². The maximum atomic E-state index is 13.0. The van der Waals surface area contributed by atoms with Crippen molar-refractivity contribution < 1.29 is 28.4 Å². The van der Waals surface area contributed by atoms with E-state index in [2.05, 4.69) is 16.0 Å². The molecule has 0 bridgehead atoms. The van der Waals surface area contributed by atoms with Crippen molar-refractivity contribution in [2.45, 2.75) is 6.42 Å². The highest BCUT2D eigenvalue weighted by Gasteiger charge is 2.24. The number of fused-ring (bicyclic) bond motifs is 1. The number of carbonyl (C=O) groups is 1. The first kappa shape index (κ1) is 24.6. The SMILES string of the molecule is N#Cc1c[nH]c2c(C(=O)N3CCN(CCc4ccc(F)cc4)CC3)cccc12.O=P(O)(O)O. The molecule has 4 N–H and O–H groups in total. The van der Waals surface area contributed by atoms with Gasteiger partial charge in [-0.3, -0.25) is 9.69 Å². The third-order valence-corrected chi connectivity index (χ3v) is 5.36. The van der Waals surface area contributed by atoms with E-state index in [0.29, 0.717) is 24.2 Å². The van der Waals surface area contributed by atoms with E-state index in [-0.39, 0.29) is 11.7 Å². The summed E-state index contributed by atoms with van der Waals surface area (Å²) in [5, 5.41) is 9.97. The second kappa shape index (κ2) is 10.7. The van der Waals surface area contributed by atoms with Gasteiger partial charge in [0.15, 0.2) is 0 Å². The molecule has 1 aliphatic heterocycles. The number of nitrogens with one attached hydrogen (secondary N) is 1. The number of piperazine rings is 1. The molecule has 0 atom stereocenters. The average Bonchev–Trinajstić information content (AvgIpc) is 3.21. The zero-order chi connectivity index (χ0) is 24.0. The van der Waals surface area contributed by atoms with E-state index in [1.807, 2.05) is 35.2 Å². The molecule has 0 spiro atoms. The van der Waals surface area contributed by atoms with Gasteiger partial charge in [-0.25, -0.2) is 8.96 Å². The molecular weight excluding hydrogens is 450 g/mol. The number of hydrogen-bond donors (Lipinski definition) is 4.